The molecule has 0 unspecified atom stereocenters. The van der Waals surface area contributed by atoms with Gasteiger partial charge >= 0.3 is 6.18 Å². The maximum Gasteiger partial charge on any atom is 0.438 e. The fourth-order valence-corrected chi connectivity index (χ4v) is 0.727. The Balaban J connectivity index is 3.28. The average Bonchev–Trinajstić information content (AvgIpc) is 2.29. The summed E-state index contributed by atoms with van der Waals surface area (Å²) in [6, 6.07) is 1.24. The van der Waals surface area contributed by atoms with Crippen LogP contribution in [-0.2, 0) is 6.18 Å². The second-order valence-electron chi connectivity index (χ2n) is 1.79. The van der Waals surface area contributed by atoms with E-state index >= 15 is 0 Å². The zero-order valence-electron chi connectivity index (χ0n) is 5.31. The van der Waals surface area contributed by atoms with E-state index in [9.17, 15) is 13.2 Å². The molecule has 1 heterocycles. The van der Waals surface area contributed by atoms with E-state index in [2.05, 4.69) is 9.68 Å². The van der Waals surface area contributed by atoms with Gasteiger partial charge in [-0.1, -0.05) is 5.16 Å². The Morgan fingerprint density at radius 2 is 2.08 bits per heavy atom. The standard InChI is InChI=1S/C5ClF3N2O/c6-4-2(1-10)3(11-12-4)5(7,8)9. The Morgan fingerprint density at radius 3 is 2.42 bits per heavy atom. The van der Waals surface area contributed by atoms with Gasteiger partial charge < -0.3 is 4.52 Å². The molecule has 0 bridgehead atoms. The first-order valence-corrected chi connectivity index (χ1v) is 2.97. The lowest BCUT2D eigenvalue weighted by molar-refractivity contribution is -0.142. The maximum absolute atomic E-state index is 11.9. The van der Waals surface area contributed by atoms with Crippen LogP contribution in [0.3, 0.4) is 0 Å². The molecule has 0 saturated heterocycles. The molecule has 1 rings (SSSR count). The SMILES string of the molecule is N#Cc1c(C(F)(F)F)noc1Cl. The number of nitrogens with zero attached hydrogens (tertiary/aromatic N) is 2. The first kappa shape index (κ1) is 8.87. The summed E-state index contributed by atoms with van der Waals surface area (Å²) in [5.74, 6) is 0. The third-order valence-corrected chi connectivity index (χ3v) is 1.29. The van der Waals surface area contributed by atoms with Gasteiger partial charge in [-0.05, 0) is 11.6 Å². The van der Waals surface area contributed by atoms with Crippen LogP contribution in [-0.4, -0.2) is 5.16 Å². The Hall–Kier alpha value is -1.22. The Bertz CT molecular complexity index is 337. The molecule has 0 aliphatic heterocycles. The van der Waals surface area contributed by atoms with Crippen molar-refractivity contribution in [3.8, 4) is 6.07 Å². The van der Waals surface area contributed by atoms with Crippen LogP contribution in [0.5, 0.6) is 0 Å². The fourth-order valence-electron chi connectivity index (χ4n) is 0.560. The normalized spacial score (nSPS) is 11.2. The second kappa shape index (κ2) is 2.68. The molecule has 7 heteroatoms. The van der Waals surface area contributed by atoms with E-state index in [0.717, 1.165) is 0 Å². The minimum atomic E-state index is -4.71. The highest BCUT2D eigenvalue weighted by Crippen LogP contribution is 2.33. The molecule has 12 heavy (non-hydrogen) atoms. The summed E-state index contributed by atoms with van der Waals surface area (Å²) < 4.78 is 39.7. The first-order valence-electron chi connectivity index (χ1n) is 2.59. The van der Waals surface area contributed by atoms with Crippen LogP contribution in [0, 0.1) is 11.3 Å². The number of rotatable bonds is 0. The molecule has 0 saturated carbocycles. The second-order valence-corrected chi connectivity index (χ2v) is 2.13. The quantitative estimate of drug-likeness (QED) is 0.639. The van der Waals surface area contributed by atoms with Crippen LogP contribution in [0.15, 0.2) is 4.52 Å². The molecule has 0 aliphatic carbocycles. The summed E-state index contributed by atoms with van der Waals surface area (Å²) in [6.45, 7) is 0. The lowest BCUT2D eigenvalue weighted by atomic mass is 10.3. The van der Waals surface area contributed by atoms with E-state index in [-0.39, 0.29) is 0 Å². The van der Waals surface area contributed by atoms with E-state index < -0.39 is 22.7 Å². The van der Waals surface area contributed by atoms with Crippen LogP contribution in [0.2, 0.25) is 5.22 Å². The summed E-state index contributed by atoms with van der Waals surface area (Å²) in [5.41, 5.74) is -2.18. The van der Waals surface area contributed by atoms with Gasteiger partial charge in [-0.2, -0.15) is 18.4 Å². The van der Waals surface area contributed by atoms with Crippen molar-refractivity contribution < 1.29 is 17.7 Å². The molecule has 64 valence electrons. The summed E-state index contributed by atoms with van der Waals surface area (Å²) in [7, 11) is 0. The van der Waals surface area contributed by atoms with Gasteiger partial charge in [0.15, 0.2) is 0 Å². The Labute approximate surface area is 69.3 Å². The van der Waals surface area contributed by atoms with Gasteiger partial charge in [-0.3, -0.25) is 0 Å². The van der Waals surface area contributed by atoms with Gasteiger partial charge in [0.05, 0.1) is 0 Å². The third-order valence-electron chi connectivity index (χ3n) is 1.03. The summed E-state index contributed by atoms with van der Waals surface area (Å²) in [4.78, 5) is 0. The first-order chi connectivity index (χ1) is 5.46. The van der Waals surface area contributed by atoms with E-state index in [0.29, 0.717) is 0 Å². The highest BCUT2D eigenvalue weighted by molar-refractivity contribution is 6.29. The van der Waals surface area contributed by atoms with Crippen molar-refractivity contribution in [2.75, 3.05) is 0 Å². The molecule has 0 N–H and O–H groups in total. The van der Waals surface area contributed by atoms with Gasteiger partial charge in [0, 0.05) is 0 Å². The van der Waals surface area contributed by atoms with Crippen molar-refractivity contribution in [3.05, 3.63) is 16.5 Å². The number of hydrogen-bond donors (Lipinski definition) is 0. The molecule has 0 atom stereocenters. The maximum atomic E-state index is 11.9. The number of hydrogen-bond acceptors (Lipinski definition) is 3. The molecular weight excluding hydrogens is 197 g/mol. The zero-order chi connectivity index (χ0) is 9.35. The number of nitriles is 1. The topological polar surface area (TPSA) is 49.8 Å². The van der Waals surface area contributed by atoms with Crippen molar-refractivity contribution in [1.82, 2.24) is 5.16 Å². The van der Waals surface area contributed by atoms with Crippen molar-refractivity contribution in [3.63, 3.8) is 0 Å². The van der Waals surface area contributed by atoms with Crippen LogP contribution < -0.4 is 0 Å². The number of alkyl halides is 3. The summed E-state index contributed by atoms with van der Waals surface area (Å²) >= 11 is 5.10. The zero-order valence-corrected chi connectivity index (χ0v) is 6.07. The van der Waals surface area contributed by atoms with Gasteiger partial charge in [0.2, 0.25) is 10.9 Å². The average molecular weight is 197 g/mol. The van der Waals surface area contributed by atoms with Crippen molar-refractivity contribution in [2.45, 2.75) is 6.18 Å². The van der Waals surface area contributed by atoms with Crippen LogP contribution in [0.25, 0.3) is 0 Å². The minimum Gasteiger partial charge on any atom is -0.342 e. The van der Waals surface area contributed by atoms with Gasteiger partial charge in [-0.15, -0.1) is 0 Å². The molecule has 0 amide bonds. The molecule has 1 aromatic heterocycles. The molecule has 0 spiro atoms. The van der Waals surface area contributed by atoms with E-state index in [1.807, 2.05) is 0 Å². The molecular formula is C5ClF3N2O. The third kappa shape index (κ3) is 1.36. The smallest absolute Gasteiger partial charge is 0.342 e. The Kier molecular flexibility index (Phi) is 1.98. The predicted octanol–water partition coefficient (Wildman–Crippen LogP) is 2.22. The van der Waals surface area contributed by atoms with Gasteiger partial charge in [0.1, 0.15) is 11.6 Å². The number of halogens is 4. The predicted molar refractivity (Wildman–Crippen MR) is 31.2 cm³/mol. The Morgan fingerprint density at radius 1 is 1.50 bits per heavy atom. The van der Waals surface area contributed by atoms with Crippen molar-refractivity contribution in [1.29, 1.82) is 5.26 Å². The van der Waals surface area contributed by atoms with Crippen LogP contribution in [0.4, 0.5) is 13.2 Å². The van der Waals surface area contributed by atoms with E-state index in [4.69, 9.17) is 16.9 Å². The van der Waals surface area contributed by atoms with E-state index in [1.54, 1.807) is 0 Å². The van der Waals surface area contributed by atoms with Crippen LogP contribution in [0.1, 0.15) is 11.3 Å². The lowest BCUT2D eigenvalue weighted by Gasteiger charge is -1.98. The van der Waals surface area contributed by atoms with Crippen molar-refractivity contribution >= 4 is 11.6 Å². The highest BCUT2D eigenvalue weighted by atomic mass is 35.5. The monoisotopic (exact) mass is 196 g/mol. The van der Waals surface area contributed by atoms with Gasteiger partial charge in [-0.25, -0.2) is 0 Å². The molecule has 3 nitrogen and oxygen atoms in total. The minimum absolute atomic E-state index is 0.648. The molecule has 0 aliphatic rings. The van der Waals surface area contributed by atoms with Gasteiger partial charge in [0.25, 0.3) is 0 Å². The highest BCUT2D eigenvalue weighted by Gasteiger charge is 2.39. The molecule has 0 aromatic carbocycles. The molecule has 1 aromatic rings. The van der Waals surface area contributed by atoms with E-state index in [1.165, 1.54) is 6.07 Å². The van der Waals surface area contributed by atoms with Crippen molar-refractivity contribution in [2.24, 2.45) is 0 Å². The number of aromatic nitrogens is 1. The summed E-state index contributed by atoms with van der Waals surface area (Å²) in [6.07, 6.45) is -4.71. The molecule has 0 radical (unpaired) electrons. The summed E-state index contributed by atoms with van der Waals surface area (Å²) in [5, 5.41) is 10.2. The largest absolute Gasteiger partial charge is 0.438 e. The van der Waals surface area contributed by atoms with Crippen LogP contribution >= 0.6 is 11.6 Å². The fraction of sp³-hybridized carbons (Fsp3) is 0.200. The lowest BCUT2D eigenvalue weighted by Crippen LogP contribution is -2.07. The molecule has 0 fully saturated rings.